The van der Waals surface area contributed by atoms with Gasteiger partial charge in [-0.3, -0.25) is 0 Å². The van der Waals surface area contributed by atoms with Crippen molar-refractivity contribution in [1.29, 1.82) is 0 Å². The van der Waals surface area contributed by atoms with Gasteiger partial charge in [-0.1, -0.05) is 99.1 Å². The summed E-state index contributed by atoms with van der Waals surface area (Å²) in [6, 6.07) is 20.1. The second-order valence-corrected chi connectivity index (χ2v) is 4.86. The fraction of sp³-hybridized carbons (Fsp3) is 0.0435. The van der Waals surface area contributed by atoms with Gasteiger partial charge in [0.15, 0.2) is 0 Å². The lowest BCUT2D eigenvalue weighted by Crippen LogP contribution is -1.92. The third-order valence-electron chi connectivity index (χ3n) is 2.61. The molecule has 2 rings (SSSR count). The van der Waals surface area contributed by atoms with Gasteiger partial charge in [0.2, 0.25) is 0 Å². The molecule has 0 saturated carbocycles. The second kappa shape index (κ2) is 17.2. The number of carboxylic acids is 2. The zero-order chi connectivity index (χ0) is 21.1. The highest BCUT2D eigenvalue weighted by molar-refractivity contribution is 5.84. The lowest BCUT2D eigenvalue weighted by Gasteiger charge is -1.85. The fourth-order valence-corrected chi connectivity index (χ4v) is 1.18. The number of rotatable bonds is 4. The van der Waals surface area contributed by atoms with Crippen molar-refractivity contribution < 1.29 is 19.8 Å². The van der Waals surface area contributed by atoms with E-state index in [1.54, 1.807) is 0 Å². The number of hydrogen-bond donors (Lipinski definition) is 2. The average molecular weight is 366 g/mol. The molecule has 0 amide bonds. The molecule has 0 aliphatic heterocycles. The van der Waals surface area contributed by atoms with Gasteiger partial charge in [0.05, 0.1) is 0 Å². The van der Waals surface area contributed by atoms with Crippen LogP contribution in [0.5, 0.6) is 0 Å². The Balaban J connectivity index is 0. The maximum Gasteiger partial charge on any atom is 0.330 e. The Morgan fingerprint density at radius 3 is 1.15 bits per heavy atom. The minimum Gasteiger partial charge on any atom is -0.478 e. The monoisotopic (exact) mass is 366 g/mol. The Morgan fingerprint density at radius 2 is 1.04 bits per heavy atom. The number of carboxylic acid groups (broad SMARTS) is 2. The topological polar surface area (TPSA) is 74.6 Å². The average Bonchev–Trinajstić information content (AvgIpc) is 2.70. The number of benzene rings is 2. The molecule has 27 heavy (non-hydrogen) atoms. The van der Waals surface area contributed by atoms with E-state index in [-0.39, 0.29) is 5.57 Å². The molecule has 0 aliphatic carbocycles. The van der Waals surface area contributed by atoms with Crippen LogP contribution in [0.4, 0.5) is 0 Å². The summed E-state index contributed by atoms with van der Waals surface area (Å²) in [5.74, 6) is -1.92. The van der Waals surface area contributed by atoms with Gasteiger partial charge in [-0.15, -0.1) is 0 Å². The van der Waals surface area contributed by atoms with Crippen LogP contribution in [0.3, 0.4) is 0 Å². The molecule has 2 aromatic rings. The normalized spacial score (nSPS) is 7.89. The summed E-state index contributed by atoms with van der Waals surface area (Å²) in [6.45, 7) is 14.8. The molecule has 0 fully saturated rings. The molecule has 2 aromatic carbocycles. The maximum absolute atomic E-state index is 9.60. The van der Waals surface area contributed by atoms with Crippen molar-refractivity contribution in [2.75, 3.05) is 0 Å². The van der Waals surface area contributed by atoms with E-state index in [1.165, 1.54) is 18.1 Å². The van der Waals surface area contributed by atoms with E-state index in [0.717, 1.165) is 6.08 Å². The molecule has 142 valence electrons. The fourth-order valence-electron chi connectivity index (χ4n) is 1.18. The molecule has 4 heteroatoms. The molecule has 0 atom stereocenters. The summed E-state index contributed by atoms with van der Waals surface area (Å²) in [4.78, 5) is 18.8. The van der Waals surface area contributed by atoms with Crippen LogP contribution in [0.2, 0.25) is 0 Å². The van der Waals surface area contributed by atoms with Crippen molar-refractivity contribution in [2.24, 2.45) is 0 Å². The summed E-state index contributed by atoms with van der Waals surface area (Å²) in [5, 5.41) is 15.5. The van der Waals surface area contributed by atoms with Gasteiger partial charge in [-0.25, -0.2) is 9.59 Å². The number of hydrogen-bond acceptors (Lipinski definition) is 2. The second-order valence-electron chi connectivity index (χ2n) is 4.86. The highest BCUT2D eigenvalue weighted by atomic mass is 16.4. The van der Waals surface area contributed by atoms with E-state index in [9.17, 15) is 9.59 Å². The van der Waals surface area contributed by atoms with Gasteiger partial charge in [-0.05, 0) is 18.1 Å². The van der Waals surface area contributed by atoms with E-state index in [4.69, 9.17) is 10.2 Å². The molecular weight excluding hydrogens is 340 g/mol. The van der Waals surface area contributed by atoms with E-state index >= 15 is 0 Å². The van der Waals surface area contributed by atoms with Crippen LogP contribution < -0.4 is 0 Å². The summed E-state index contributed by atoms with van der Waals surface area (Å²) in [7, 11) is 0. The first-order valence-electron chi connectivity index (χ1n) is 7.87. The van der Waals surface area contributed by atoms with Crippen LogP contribution in [-0.4, -0.2) is 22.2 Å². The van der Waals surface area contributed by atoms with Crippen LogP contribution in [0.25, 0.3) is 12.2 Å². The smallest absolute Gasteiger partial charge is 0.330 e. The Kier molecular flexibility index (Phi) is 16.3. The van der Waals surface area contributed by atoms with E-state index in [1.807, 2.05) is 72.8 Å². The van der Waals surface area contributed by atoms with Crippen LogP contribution in [0.1, 0.15) is 18.1 Å². The standard InChI is InChI=1S/2C8H8.C4H6O2.C3H4O2/c2*1-2-8-6-4-3-5-7-8;1-3(2)4(5)6;1-2-3(4)5/h2*2-7H,1H2;1H2,2H3,(H,5,6);2H,1H2,(H,4,5). The van der Waals surface area contributed by atoms with Crippen molar-refractivity contribution in [2.45, 2.75) is 6.92 Å². The molecule has 0 bridgehead atoms. The summed E-state index contributed by atoms with van der Waals surface area (Å²) >= 11 is 0. The lowest BCUT2D eigenvalue weighted by atomic mass is 10.2. The van der Waals surface area contributed by atoms with Crippen LogP contribution >= 0.6 is 0 Å². The minimum absolute atomic E-state index is 0.176. The molecule has 0 radical (unpaired) electrons. The van der Waals surface area contributed by atoms with E-state index < -0.39 is 11.9 Å². The number of carbonyl (C=O) groups is 2. The van der Waals surface area contributed by atoms with Crippen molar-refractivity contribution in [3.05, 3.63) is 110 Å². The largest absolute Gasteiger partial charge is 0.478 e. The van der Waals surface area contributed by atoms with Crippen molar-refractivity contribution in [3.63, 3.8) is 0 Å². The van der Waals surface area contributed by atoms with Crippen LogP contribution in [0, 0.1) is 0 Å². The summed E-state index contributed by atoms with van der Waals surface area (Å²) < 4.78 is 0. The SMILES string of the molecule is C=C(C)C(=O)O.C=CC(=O)O.C=Cc1ccccc1.C=Cc1ccccc1. The first kappa shape index (κ1) is 25.6. The Hall–Kier alpha value is -3.66. The first-order chi connectivity index (χ1) is 12.8. The van der Waals surface area contributed by atoms with Crippen molar-refractivity contribution in [1.82, 2.24) is 0 Å². The van der Waals surface area contributed by atoms with Crippen LogP contribution in [-0.2, 0) is 9.59 Å². The highest BCUT2D eigenvalue weighted by Gasteiger charge is 1.90. The molecule has 0 unspecified atom stereocenters. The summed E-state index contributed by atoms with van der Waals surface area (Å²) in [6.07, 6.45) is 4.50. The Morgan fingerprint density at radius 1 is 0.778 bits per heavy atom. The van der Waals surface area contributed by atoms with E-state index in [0.29, 0.717) is 0 Å². The van der Waals surface area contributed by atoms with Gasteiger partial charge < -0.3 is 10.2 Å². The van der Waals surface area contributed by atoms with Gasteiger partial charge in [0.25, 0.3) is 0 Å². The van der Waals surface area contributed by atoms with E-state index in [2.05, 4.69) is 26.3 Å². The van der Waals surface area contributed by atoms with Crippen molar-refractivity contribution in [3.8, 4) is 0 Å². The lowest BCUT2D eigenvalue weighted by molar-refractivity contribution is -0.133. The third kappa shape index (κ3) is 18.5. The zero-order valence-corrected chi connectivity index (χ0v) is 15.5. The molecule has 0 heterocycles. The molecule has 0 saturated heterocycles. The van der Waals surface area contributed by atoms with Gasteiger partial charge in [-0.2, -0.15) is 0 Å². The van der Waals surface area contributed by atoms with Gasteiger partial charge in [0.1, 0.15) is 0 Å². The highest BCUT2D eigenvalue weighted by Crippen LogP contribution is 1.98. The molecule has 0 aliphatic rings. The molecule has 0 spiro atoms. The zero-order valence-electron chi connectivity index (χ0n) is 15.5. The van der Waals surface area contributed by atoms with Crippen molar-refractivity contribution >= 4 is 24.1 Å². The molecule has 0 aromatic heterocycles. The Labute approximate surface area is 161 Å². The third-order valence-corrected chi connectivity index (χ3v) is 2.61. The quantitative estimate of drug-likeness (QED) is 0.694. The molecular formula is C23H26O4. The predicted molar refractivity (Wildman–Crippen MR) is 113 cm³/mol. The van der Waals surface area contributed by atoms with Gasteiger partial charge >= 0.3 is 11.9 Å². The Bertz CT molecular complexity index is 661. The number of aliphatic carboxylic acids is 2. The molecule has 4 nitrogen and oxygen atoms in total. The minimum atomic E-state index is -0.981. The first-order valence-corrected chi connectivity index (χ1v) is 7.87. The summed E-state index contributed by atoms with van der Waals surface area (Å²) in [5.41, 5.74) is 2.52. The van der Waals surface area contributed by atoms with Crippen LogP contribution in [0.15, 0.2) is 98.6 Å². The predicted octanol–water partition coefficient (Wildman–Crippen LogP) is 5.56. The molecule has 2 N–H and O–H groups in total. The van der Waals surface area contributed by atoms with Gasteiger partial charge in [0, 0.05) is 11.6 Å². The maximum atomic E-state index is 9.60.